The highest BCUT2D eigenvalue weighted by Crippen LogP contribution is 2.64. The number of hydrogen-bond donors (Lipinski definition) is 0. The Morgan fingerprint density at radius 3 is 1.32 bits per heavy atom. The summed E-state index contributed by atoms with van der Waals surface area (Å²) in [5, 5.41) is 9.59. The number of hydrogen-bond acceptors (Lipinski definition) is 1. The molecular formula is C62H38O. The highest BCUT2D eigenvalue weighted by Gasteiger charge is 2.52. The molecule has 0 unspecified atom stereocenters. The Bertz CT molecular complexity index is 3740. The minimum absolute atomic E-state index is 0.582. The van der Waals surface area contributed by atoms with Crippen molar-refractivity contribution in [2.24, 2.45) is 0 Å². The van der Waals surface area contributed by atoms with Crippen LogP contribution in [0.5, 0.6) is 0 Å². The molecule has 12 aromatic rings. The molecule has 1 heteroatoms. The third-order valence-corrected chi connectivity index (χ3v) is 14.6. The van der Waals surface area contributed by atoms with Gasteiger partial charge in [-0.25, -0.2) is 0 Å². The van der Waals surface area contributed by atoms with Gasteiger partial charge in [-0.1, -0.05) is 206 Å². The Balaban J connectivity index is 1.23. The smallest absolute Gasteiger partial charge is 0.136 e. The van der Waals surface area contributed by atoms with Gasteiger partial charge in [-0.05, 0) is 123 Å². The molecule has 63 heavy (non-hydrogen) atoms. The first-order valence-electron chi connectivity index (χ1n) is 22.0. The number of fused-ring (bicyclic) bond motifs is 10. The lowest BCUT2D eigenvalue weighted by atomic mass is 9.66. The van der Waals surface area contributed by atoms with Crippen LogP contribution >= 0.6 is 0 Å². The van der Waals surface area contributed by atoms with Gasteiger partial charge < -0.3 is 4.42 Å². The van der Waals surface area contributed by atoms with Gasteiger partial charge >= 0.3 is 0 Å². The van der Waals surface area contributed by atoms with E-state index < -0.39 is 10.8 Å². The zero-order chi connectivity index (χ0) is 41.3. The zero-order valence-electron chi connectivity index (χ0n) is 34.3. The van der Waals surface area contributed by atoms with Gasteiger partial charge in [0.1, 0.15) is 11.2 Å². The summed E-state index contributed by atoms with van der Waals surface area (Å²) >= 11 is 0. The first kappa shape index (κ1) is 34.7. The van der Waals surface area contributed by atoms with Gasteiger partial charge in [0.2, 0.25) is 0 Å². The molecule has 0 saturated heterocycles. The average Bonchev–Trinajstić information content (AvgIpc) is 3.76. The van der Waals surface area contributed by atoms with Gasteiger partial charge in [0.05, 0.1) is 10.8 Å². The fraction of sp³-hybridized carbons (Fsp3) is 0.0323. The second-order valence-electron chi connectivity index (χ2n) is 17.4. The van der Waals surface area contributed by atoms with Crippen molar-refractivity contribution in [2.45, 2.75) is 10.8 Å². The maximum absolute atomic E-state index is 7.26. The van der Waals surface area contributed by atoms with Crippen LogP contribution in [0.4, 0.5) is 0 Å². The monoisotopic (exact) mass is 798 g/mol. The molecule has 292 valence electrons. The van der Waals surface area contributed by atoms with E-state index in [0.717, 1.165) is 21.9 Å². The van der Waals surface area contributed by atoms with E-state index in [2.05, 4.69) is 231 Å². The van der Waals surface area contributed by atoms with Gasteiger partial charge in [-0.3, -0.25) is 0 Å². The lowest BCUT2D eigenvalue weighted by molar-refractivity contribution is 0.661. The first-order valence-corrected chi connectivity index (χ1v) is 22.0. The summed E-state index contributed by atoms with van der Waals surface area (Å²) in [4.78, 5) is 0. The SMILES string of the molecule is c1ccc(C2(c3ccccc3)c3cc4c(cc3-c3c2ccc2ccccc32)C(c2ccccc2)(c2ccccc2)c2cc3oc5cccc6cccc(c7cccc(c2-4)c37)c65)cc1. The molecule has 0 bridgehead atoms. The molecule has 0 radical (unpaired) electrons. The van der Waals surface area contributed by atoms with Crippen molar-refractivity contribution in [3.05, 3.63) is 275 Å². The van der Waals surface area contributed by atoms with Crippen molar-refractivity contribution < 1.29 is 4.42 Å². The van der Waals surface area contributed by atoms with E-state index in [9.17, 15) is 0 Å². The molecule has 0 fully saturated rings. The fourth-order valence-electron chi connectivity index (χ4n) is 12.2. The molecule has 2 aliphatic rings. The van der Waals surface area contributed by atoms with E-state index in [0.29, 0.717) is 0 Å². The highest BCUT2D eigenvalue weighted by atomic mass is 16.3. The first-order chi connectivity index (χ1) is 31.3. The minimum Gasteiger partial charge on any atom is -0.456 e. The predicted molar refractivity (Wildman–Crippen MR) is 261 cm³/mol. The quantitative estimate of drug-likeness (QED) is 0.173. The molecule has 2 aliphatic carbocycles. The van der Waals surface area contributed by atoms with Crippen molar-refractivity contribution in [3.63, 3.8) is 0 Å². The van der Waals surface area contributed by atoms with Crippen molar-refractivity contribution in [1.82, 2.24) is 0 Å². The molecule has 0 saturated carbocycles. The molecule has 0 aliphatic heterocycles. The highest BCUT2D eigenvalue weighted by molar-refractivity contribution is 6.26. The van der Waals surface area contributed by atoms with Crippen molar-refractivity contribution in [3.8, 4) is 22.3 Å². The molecule has 11 aromatic carbocycles. The largest absolute Gasteiger partial charge is 0.456 e. The van der Waals surface area contributed by atoms with Crippen LogP contribution in [0.15, 0.2) is 235 Å². The maximum Gasteiger partial charge on any atom is 0.136 e. The lowest BCUT2D eigenvalue weighted by Gasteiger charge is -2.35. The summed E-state index contributed by atoms with van der Waals surface area (Å²) in [6, 6.07) is 86.1. The second kappa shape index (κ2) is 12.8. The van der Waals surface area contributed by atoms with Gasteiger partial charge in [-0.15, -0.1) is 0 Å². The Labute approximate surface area is 365 Å². The fourth-order valence-corrected chi connectivity index (χ4v) is 12.2. The number of rotatable bonds is 4. The molecule has 0 atom stereocenters. The molecule has 0 N–H and O–H groups in total. The molecule has 1 heterocycles. The third kappa shape index (κ3) is 4.41. The van der Waals surface area contributed by atoms with Gasteiger partial charge in [-0.2, -0.15) is 0 Å². The summed E-state index contributed by atoms with van der Waals surface area (Å²) in [6.45, 7) is 0. The summed E-state index contributed by atoms with van der Waals surface area (Å²) < 4.78 is 7.26. The van der Waals surface area contributed by atoms with Crippen LogP contribution in [0.2, 0.25) is 0 Å². The Morgan fingerprint density at radius 2 is 0.714 bits per heavy atom. The van der Waals surface area contributed by atoms with Gasteiger partial charge in [0, 0.05) is 10.8 Å². The molecular weight excluding hydrogens is 761 g/mol. The Kier molecular flexibility index (Phi) is 7.03. The molecule has 0 amide bonds. The standard InChI is InChI=1S/C62H38O/c1-5-21-41(22-6-1)61(42-23-7-2-8-24-42)51-35-34-39-18-13-14-29-45(39)58(51)49-36-53-50(37-52(49)61)59-48-32-17-31-47-46-30-15-19-40-20-16-33-55(57(40)46)63-56(60(47)48)38-54(59)62(53,43-25-9-3-10-26-43)44-27-11-4-12-28-44/h1-38H. The molecule has 1 nitrogen and oxygen atoms in total. The van der Waals surface area contributed by atoms with Crippen molar-refractivity contribution >= 4 is 54.3 Å². The van der Waals surface area contributed by atoms with Crippen molar-refractivity contribution in [2.75, 3.05) is 0 Å². The maximum atomic E-state index is 7.26. The summed E-state index contributed by atoms with van der Waals surface area (Å²) in [7, 11) is 0. The van der Waals surface area contributed by atoms with Crippen LogP contribution < -0.4 is 0 Å². The van der Waals surface area contributed by atoms with Gasteiger partial charge in [0.15, 0.2) is 0 Å². The van der Waals surface area contributed by atoms with Crippen LogP contribution in [0, 0.1) is 0 Å². The van der Waals surface area contributed by atoms with Crippen LogP contribution in [0.1, 0.15) is 44.5 Å². The molecule has 1 aromatic heterocycles. The van der Waals surface area contributed by atoms with Crippen molar-refractivity contribution in [1.29, 1.82) is 0 Å². The van der Waals surface area contributed by atoms with E-state index in [1.807, 2.05) is 0 Å². The molecule has 0 spiro atoms. The summed E-state index contributed by atoms with van der Waals surface area (Å²) in [6.07, 6.45) is 0. The topological polar surface area (TPSA) is 13.1 Å². The predicted octanol–water partition coefficient (Wildman–Crippen LogP) is 15.8. The van der Waals surface area contributed by atoms with E-state index in [1.54, 1.807) is 0 Å². The molecule has 14 rings (SSSR count). The third-order valence-electron chi connectivity index (χ3n) is 14.6. The van der Waals surface area contributed by atoms with E-state index >= 15 is 0 Å². The summed E-state index contributed by atoms with van der Waals surface area (Å²) in [5.41, 5.74) is 15.7. The van der Waals surface area contributed by atoms with Crippen LogP contribution in [0.25, 0.3) is 76.5 Å². The normalized spacial score (nSPS) is 14.3. The van der Waals surface area contributed by atoms with E-state index in [-0.39, 0.29) is 0 Å². The Hall–Kier alpha value is -8.00. The lowest BCUT2D eigenvalue weighted by Crippen LogP contribution is -2.30. The van der Waals surface area contributed by atoms with E-state index in [1.165, 1.54) is 99.1 Å². The summed E-state index contributed by atoms with van der Waals surface area (Å²) in [5.74, 6) is 0. The average molecular weight is 799 g/mol. The van der Waals surface area contributed by atoms with E-state index in [4.69, 9.17) is 4.42 Å². The minimum atomic E-state index is -0.674. The van der Waals surface area contributed by atoms with Crippen LogP contribution in [-0.2, 0) is 10.8 Å². The second-order valence-corrected chi connectivity index (χ2v) is 17.4. The van der Waals surface area contributed by atoms with Crippen LogP contribution in [0.3, 0.4) is 0 Å². The van der Waals surface area contributed by atoms with Crippen LogP contribution in [-0.4, -0.2) is 0 Å². The zero-order valence-corrected chi connectivity index (χ0v) is 34.3. The number of benzene rings is 11. The Morgan fingerprint density at radius 1 is 0.270 bits per heavy atom. The van der Waals surface area contributed by atoms with Gasteiger partial charge in [0.25, 0.3) is 0 Å².